The van der Waals surface area contributed by atoms with Gasteiger partial charge in [0.15, 0.2) is 0 Å². The van der Waals surface area contributed by atoms with Crippen molar-refractivity contribution in [2.24, 2.45) is 17.8 Å². The van der Waals surface area contributed by atoms with E-state index in [1.54, 1.807) is 0 Å². The zero-order valence-corrected chi connectivity index (χ0v) is 11.6. The zero-order chi connectivity index (χ0) is 12.7. The van der Waals surface area contributed by atoms with Gasteiger partial charge in [0.1, 0.15) is 0 Å². The van der Waals surface area contributed by atoms with E-state index in [0.717, 1.165) is 26.1 Å². The first kappa shape index (κ1) is 14.5. The first-order valence-electron chi connectivity index (χ1n) is 7.10. The van der Waals surface area contributed by atoms with Gasteiger partial charge in [-0.1, -0.05) is 27.2 Å². The van der Waals surface area contributed by atoms with Gasteiger partial charge in [0.2, 0.25) is 5.91 Å². The maximum atomic E-state index is 11.8. The van der Waals surface area contributed by atoms with Gasteiger partial charge in [-0.2, -0.15) is 0 Å². The number of hydrogen-bond donors (Lipinski definition) is 2. The molecule has 17 heavy (non-hydrogen) atoms. The Balaban J connectivity index is 2.19. The lowest BCUT2D eigenvalue weighted by molar-refractivity contribution is -0.122. The molecule has 3 nitrogen and oxygen atoms in total. The van der Waals surface area contributed by atoms with Crippen LogP contribution in [0.3, 0.4) is 0 Å². The Morgan fingerprint density at radius 2 is 2.24 bits per heavy atom. The monoisotopic (exact) mass is 240 g/mol. The molecule has 2 N–H and O–H groups in total. The van der Waals surface area contributed by atoms with Gasteiger partial charge in [0, 0.05) is 13.0 Å². The third-order valence-corrected chi connectivity index (χ3v) is 3.90. The standard InChI is InChI=1S/C14H28N2O/c1-4-13(11(2)3)8-14(17)16-10-12-6-5-7-15-9-12/h11-13,15H,4-10H2,1-3H3,(H,16,17). The molecule has 0 spiro atoms. The van der Waals surface area contributed by atoms with E-state index in [-0.39, 0.29) is 5.91 Å². The second-order valence-corrected chi connectivity index (χ2v) is 5.63. The van der Waals surface area contributed by atoms with Gasteiger partial charge in [-0.05, 0) is 43.7 Å². The number of piperidine rings is 1. The van der Waals surface area contributed by atoms with Crippen molar-refractivity contribution in [3.8, 4) is 0 Å². The van der Waals surface area contributed by atoms with Gasteiger partial charge in [-0.25, -0.2) is 0 Å². The average molecular weight is 240 g/mol. The molecule has 0 radical (unpaired) electrons. The summed E-state index contributed by atoms with van der Waals surface area (Å²) >= 11 is 0. The molecule has 0 aromatic carbocycles. The lowest BCUT2D eigenvalue weighted by Gasteiger charge is -2.24. The molecular weight excluding hydrogens is 212 g/mol. The first-order valence-corrected chi connectivity index (χ1v) is 7.10. The number of rotatable bonds is 6. The maximum absolute atomic E-state index is 11.8. The van der Waals surface area contributed by atoms with Crippen molar-refractivity contribution in [1.82, 2.24) is 10.6 Å². The third kappa shape index (κ3) is 5.53. The average Bonchev–Trinajstić information content (AvgIpc) is 2.34. The number of hydrogen-bond acceptors (Lipinski definition) is 2. The Kier molecular flexibility index (Phi) is 6.56. The molecule has 0 aromatic heterocycles. The van der Waals surface area contributed by atoms with Crippen LogP contribution in [0, 0.1) is 17.8 Å². The normalized spacial score (nSPS) is 22.5. The summed E-state index contributed by atoms with van der Waals surface area (Å²) in [6.45, 7) is 9.61. The van der Waals surface area contributed by atoms with Gasteiger partial charge in [-0.15, -0.1) is 0 Å². The maximum Gasteiger partial charge on any atom is 0.220 e. The van der Waals surface area contributed by atoms with Gasteiger partial charge < -0.3 is 10.6 Å². The van der Waals surface area contributed by atoms with Crippen LogP contribution in [0.4, 0.5) is 0 Å². The zero-order valence-electron chi connectivity index (χ0n) is 11.6. The van der Waals surface area contributed by atoms with Crippen molar-refractivity contribution >= 4 is 5.91 Å². The topological polar surface area (TPSA) is 41.1 Å². The predicted molar refractivity (Wildman–Crippen MR) is 71.8 cm³/mol. The van der Waals surface area contributed by atoms with Gasteiger partial charge in [0.25, 0.3) is 0 Å². The number of carbonyl (C=O) groups excluding carboxylic acids is 1. The number of carbonyl (C=O) groups is 1. The van der Waals surface area contributed by atoms with Crippen molar-refractivity contribution in [3.63, 3.8) is 0 Å². The van der Waals surface area contributed by atoms with Crippen LogP contribution >= 0.6 is 0 Å². The van der Waals surface area contributed by atoms with Crippen molar-refractivity contribution in [3.05, 3.63) is 0 Å². The summed E-state index contributed by atoms with van der Waals surface area (Å²) < 4.78 is 0. The summed E-state index contributed by atoms with van der Waals surface area (Å²) in [4.78, 5) is 11.8. The summed E-state index contributed by atoms with van der Waals surface area (Å²) in [7, 11) is 0. The Bertz CT molecular complexity index is 222. The Morgan fingerprint density at radius 3 is 2.76 bits per heavy atom. The van der Waals surface area contributed by atoms with Crippen LogP contribution in [-0.4, -0.2) is 25.5 Å². The third-order valence-electron chi connectivity index (χ3n) is 3.90. The van der Waals surface area contributed by atoms with Crippen LogP contribution in [0.25, 0.3) is 0 Å². The molecule has 100 valence electrons. The fraction of sp³-hybridized carbons (Fsp3) is 0.929. The van der Waals surface area contributed by atoms with E-state index < -0.39 is 0 Å². The Hall–Kier alpha value is -0.570. The van der Waals surface area contributed by atoms with E-state index in [4.69, 9.17) is 0 Å². The second-order valence-electron chi connectivity index (χ2n) is 5.63. The van der Waals surface area contributed by atoms with Crippen molar-refractivity contribution in [2.45, 2.75) is 46.5 Å². The largest absolute Gasteiger partial charge is 0.356 e. The fourth-order valence-corrected chi connectivity index (χ4v) is 2.52. The SMILES string of the molecule is CCC(CC(=O)NCC1CCCNC1)C(C)C. The van der Waals surface area contributed by atoms with E-state index in [0.29, 0.717) is 24.2 Å². The van der Waals surface area contributed by atoms with E-state index >= 15 is 0 Å². The van der Waals surface area contributed by atoms with Crippen LogP contribution in [0.2, 0.25) is 0 Å². The minimum absolute atomic E-state index is 0.233. The van der Waals surface area contributed by atoms with Crippen molar-refractivity contribution in [1.29, 1.82) is 0 Å². The molecule has 1 fully saturated rings. The summed E-state index contributed by atoms with van der Waals surface area (Å²) in [5, 5.41) is 6.47. The lowest BCUT2D eigenvalue weighted by Crippen LogP contribution is -2.38. The molecule has 0 saturated carbocycles. The highest BCUT2D eigenvalue weighted by molar-refractivity contribution is 5.76. The quantitative estimate of drug-likeness (QED) is 0.747. The minimum atomic E-state index is 0.233. The molecule has 2 atom stereocenters. The lowest BCUT2D eigenvalue weighted by atomic mass is 9.90. The minimum Gasteiger partial charge on any atom is -0.356 e. The van der Waals surface area contributed by atoms with Gasteiger partial charge in [0.05, 0.1) is 0 Å². The molecule has 3 heteroatoms. The fourth-order valence-electron chi connectivity index (χ4n) is 2.52. The molecule has 1 rings (SSSR count). The molecule has 1 heterocycles. The van der Waals surface area contributed by atoms with E-state index in [1.165, 1.54) is 12.8 Å². The first-order chi connectivity index (χ1) is 8.13. The molecule has 1 aliphatic rings. The predicted octanol–water partition coefficient (Wildman–Crippen LogP) is 2.17. The van der Waals surface area contributed by atoms with Crippen molar-refractivity contribution < 1.29 is 4.79 Å². The molecule has 2 unspecified atom stereocenters. The van der Waals surface area contributed by atoms with Crippen molar-refractivity contribution in [2.75, 3.05) is 19.6 Å². The molecule has 1 aliphatic heterocycles. The van der Waals surface area contributed by atoms with E-state index in [1.807, 2.05) is 0 Å². The summed E-state index contributed by atoms with van der Waals surface area (Å²) in [6, 6.07) is 0. The summed E-state index contributed by atoms with van der Waals surface area (Å²) in [6.07, 6.45) is 4.27. The molecule has 0 aromatic rings. The number of amides is 1. The van der Waals surface area contributed by atoms with Crippen LogP contribution in [0.15, 0.2) is 0 Å². The van der Waals surface area contributed by atoms with Crippen LogP contribution in [-0.2, 0) is 4.79 Å². The van der Waals surface area contributed by atoms with Gasteiger partial charge >= 0.3 is 0 Å². The molecule has 1 amide bonds. The van der Waals surface area contributed by atoms with Crippen LogP contribution in [0.5, 0.6) is 0 Å². The molecule has 1 saturated heterocycles. The molecular formula is C14H28N2O. The molecule has 0 aliphatic carbocycles. The number of nitrogens with one attached hydrogen (secondary N) is 2. The summed E-state index contributed by atoms with van der Waals surface area (Å²) in [5.41, 5.74) is 0. The smallest absolute Gasteiger partial charge is 0.220 e. The van der Waals surface area contributed by atoms with Crippen LogP contribution < -0.4 is 10.6 Å². The Morgan fingerprint density at radius 1 is 1.47 bits per heavy atom. The van der Waals surface area contributed by atoms with Crippen LogP contribution in [0.1, 0.15) is 46.5 Å². The van der Waals surface area contributed by atoms with Gasteiger partial charge in [-0.3, -0.25) is 4.79 Å². The highest BCUT2D eigenvalue weighted by atomic mass is 16.1. The second kappa shape index (κ2) is 7.70. The Labute approximate surface area is 106 Å². The van der Waals surface area contributed by atoms with E-state index in [2.05, 4.69) is 31.4 Å². The molecule has 0 bridgehead atoms. The highest BCUT2D eigenvalue weighted by Gasteiger charge is 2.17. The highest BCUT2D eigenvalue weighted by Crippen LogP contribution is 2.18. The summed E-state index contributed by atoms with van der Waals surface area (Å²) in [5.74, 6) is 1.99. The van der Waals surface area contributed by atoms with E-state index in [9.17, 15) is 4.79 Å².